The van der Waals surface area contributed by atoms with Gasteiger partial charge in [-0.15, -0.1) is 23.7 Å². The van der Waals surface area contributed by atoms with Gasteiger partial charge in [0.25, 0.3) is 0 Å². The van der Waals surface area contributed by atoms with E-state index in [1.54, 1.807) is 0 Å². The molecular formula is C13H23ClN2OS. The molecule has 0 aromatic carbocycles. The number of rotatable bonds is 8. The van der Waals surface area contributed by atoms with E-state index < -0.39 is 0 Å². The second-order valence-electron chi connectivity index (χ2n) is 4.07. The molecule has 0 atom stereocenters. The second-order valence-corrected chi connectivity index (χ2v) is 5.44. The standard InChI is InChI=1S/C13H22N2OS.ClH/c1-3-14-9-10-15-13(16)6-4-5-12-8-7-11(2)17-12;/h7-8,14H,3-6,9-10H2,1-2H3,(H,15,16);1H. The van der Waals surface area contributed by atoms with E-state index in [2.05, 4.69) is 36.6 Å². The van der Waals surface area contributed by atoms with Crippen molar-refractivity contribution < 1.29 is 4.79 Å². The number of likely N-dealkylation sites (N-methyl/N-ethyl adjacent to an activating group) is 1. The summed E-state index contributed by atoms with van der Waals surface area (Å²) in [6.07, 6.45) is 2.58. The summed E-state index contributed by atoms with van der Waals surface area (Å²) in [4.78, 5) is 14.2. The van der Waals surface area contributed by atoms with Crippen LogP contribution in [0.25, 0.3) is 0 Å². The van der Waals surface area contributed by atoms with E-state index in [1.807, 2.05) is 11.3 Å². The third kappa shape index (κ3) is 7.69. The molecule has 0 saturated heterocycles. The molecule has 18 heavy (non-hydrogen) atoms. The van der Waals surface area contributed by atoms with Gasteiger partial charge in [-0.1, -0.05) is 6.92 Å². The van der Waals surface area contributed by atoms with Crippen LogP contribution in [0.5, 0.6) is 0 Å². The first kappa shape index (κ1) is 17.4. The summed E-state index contributed by atoms with van der Waals surface area (Å²) in [6.45, 7) is 6.71. The lowest BCUT2D eigenvalue weighted by Crippen LogP contribution is -2.31. The highest BCUT2D eigenvalue weighted by atomic mass is 35.5. The smallest absolute Gasteiger partial charge is 0.220 e. The predicted molar refractivity (Wildman–Crippen MR) is 80.8 cm³/mol. The van der Waals surface area contributed by atoms with Crippen molar-refractivity contribution in [1.29, 1.82) is 0 Å². The molecule has 0 aliphatic carbocycles. The van der Waals surface area contributed by atoms with Crippen LogP contribution >= 0.6 is 23.7 Å². The molecule has 0 aliphatic rings. The van der Waals surface area contributed by atoms with Crippen molar-refractivity contribution >= 4 is 29.7 Å². The first-order chi connectivity index (χ1) is 8.22. The van der Waals surface area contributed by atoms with E-state index in [9.17, 15) is 4.79 Å². The molecule has 1 aromatic heterocycles. The Kier molecular flexibility index (Phi) is 10.0. The highest BCUT2D eigenvalue weighted by molar-refractivity contribution is 7.11. The molecule has 0 fully saturated rings. The van der Waals surface area contributed by atoms with Gasteiger partial charge in [-0.05, 0) is 38.4 Å². The van der Waals surface area contributed by atoms with Crippen LogP contribution in [-0.2, 0) is 11.2 Å². The number of hydrogen-bond acceptors (Lipinski definition) is 3. The zero-order valence-electron chi connectivity index (χ0n) is 11.1. The van der Waals surface area contributed by atoms with Crippen LogP contribution in [-0.4, -0.2) is 25.5 Å². The Bertz CT molecular complexity index is 341. The number of thiophene rings is 1. The average molecular weight is 291 g/mol. The summed E-state index contributed by atoms with van der Waals surface area (Å²) in [5, 5.41) is 6.09. The summed E-state index contributed by atoms with van der Waals surface area (Å²) in [6, 6.07) is 4.29. The van der Waals surface area contributed by atoms with Crippen molar-refractivity contribution in [1.82, 2.24) is 10.6 Å². The fraction of sp³-hybridized carbons (Fsp3) is 0.615. The number of aryl methyl sites for hydroxylation is 2. The maximum Gasteiger partial charge on any atom is 0.220 e. The van der Waals surface area contributed by atoms with Gasteiger partial charge in [0, 0.05) is 29.3 Å². The molecule has 1 heterocycles. The normalized spacial score (nSPS) is 9.89. The number of carbonyl (C=O) groups is 1. The van der Waals surface area contributed by atoms with Crippen molar-refractivity contribution in [2.75, 3.05) is 19.6 Å². The van der Waals surface area contributed by atoms with Crippen molar-refractivity contribution in [3.63, 3.8) is 0 Å². The molecule has 1 amide bonds. The van der Waals surface area contributed by atoms with Crippen molar-refractivity contribution in [2.45, 2.75) is 33.1 Å². The third-order valence-electron chi connectivity index (χ3n) is 2.50. The van der Waals surface area contributed by atoms with Gasteiger partial charge in [0.2, 0.25) is 5.91 Å². The van der Waals surface area contributed by atoms with Gasteiger partial charge in [0.1, 0.15) is 0 Å². The molecule has 0 bridgehead atoms. The molecule has 0 radical (unpaired) electrons. The van der Waals surface area contributed by atoms with Crippen molar-refractivity contribution in [3.05, 3.63) is 21.9 Å². The molecule has 1 rings (SSSR count). The molecule has 3 nitrogen and oxygen atoms in total. The lowest BCUT2D eigenvalue weighted by Gasteiger charge is -2.04. The van der Waals surface area contributed by atoms with Gasteiger partial charge in [-0.2, -0.15) is 0 Å². The lowest BCUT2D eigenvalue weighted by atomic mass is 10.2. The number of nitrogens with one attached hydrogen (secondary N) is 2. The van der Waals surface area contributed by atoms with E-state index in [4.69, 9.17) is 0 Å². The summed E-state index contributed by atoms with van der Waals surface area (Å²) >= 11 is 1.82. The maximum atomic E-state index is 11.5. The summed E-state index contributed by atoms with van der Waals surface area (Å²) in [5.41, 5.74) is 0. The Hall–Kier alpha value is -0.580. The Balaban J connectivity index is 0.00000289. The average Bonchev–Trinajstić information content (AvgIpc) is 2.71. The summed E-state index contributed by atoms with van der Waals surface area (Å²) in [5.74, 6) is 0.163. The summed E-state index contributed by atoms with van der Waals surface area (Å²) < 4.78 is 0. The number of halogens is 1. The summed E-state index contributed by atoms with van der Waals surface area (Å²) in [7, 11) is 0. The van der Waals surface area contributed by atoms with Crippen LogP contribution in [0.4, 0.5) is 0 Å². The maximum absolute atomic E-state index is 11.5. The van der Waals surface area contributed by atoms with Crippen LogP contribution in [0.1, 0.15) is 29.5 Å². The Morgan fingerprint density at radius 1 is 1.33 bits per heavy atom. The topological polar surface area (TPSA) is 41.1 Å². The van der Waals surface area contributed by atoms with Gasteiger partial charge in [0.15, 0.2) is 0 Å². The number of carbonyl (C=O) groups excluding carboxylic acids is 1. The van der Waals surface area contributed by atoms with E-state index >= 15 is 0 Å². The minimum atomic E-state index is 0. The molecule has 1 aromatic rings. The minimum Gasteiger partial charge on any atom is -0.355 e. The largest absolute Gasteiger partial charge is 0.355 e. The monoisotopic (exact) mass is 290 g/mol. The fourth-order valence-electron chi connectivity index (χ4n) is 1.60. The Morgan fingerprint density at radius 3 is 2.72 bits per heavy atom. The molecule has 0 aliphatic heterocycles. The molecule has 104 valence electrons. The Labute approximate surface area is 120 Å². The van der Waals surface area contributed by atoms with Gasteiger partial charge < -0.3 is 10.6 Å². The van der Waals surface area contributed by atoms with E-state index in [0.717, 1.165) is 32.5 Å². The van der Waals surface area contributed by atoms with Crippen LogP contribution in [0.2, 0.25) is 0 Å². The molecule has 5 heteroatoms. The highest BCUT2D eigenvalue weighted by Gasteiger charge is 2.02. The van der Waals surface area contributed by atoms with Gasteiger partial charge in [0.05, 0.1) is 0 Å². The molecule has 2 N–H and O–H groups in total. The molecular weight excluding hydrogens is 268 g/mol. The first-order valence-electron chi connectivity index (χ1n) is 6.25. The highest BCUT2D eigenvalue weighted by Crippen LogP contribution is 2.17. The fourth-order valence-corrected chi connectivity index (χ4v) is 2.53. The van der Waals surface area contributed by atoms with Gasteiger partial charge in [-0.25, -0.2) is 0 Å². The zero-order chi connectivity index (χ0) is 12.5. The van der Waals surface area contributed by atoms with Crippen LogP contribution < -0.4 is 10.6 Å². The minimum absolute atomic E-state index is 0. The van der Waals surface area contributed by atoms with E-state index in [0.29, 0.717) is 6.42 Å². The third-order valence-corrected chi connectivity index (χ3v) is 3.56. The van der Waals surface area contributed by atoms with Gasteiger partial charge in [-0.3, -0.25) is 4.79 Å². The predicted octanol–water partition coefficient (Wildman–Crippen LogP) is 2.53. The van der Waals surface area contributed by atoms with Crippen LogP contribution in [0.3, 0.4) is 0 Å². The van der Waals surface area contributed by atoms with Crippen LogP contribution in [0.15, 0.2) is 12.1 Å². The first-order valence-corrected chi connectivity index (χ1v) is 7.06. The van der Waals surface area contributed by atoms with Crippen molar-refractivity contribution in [2.24, 2.45) is 0 Å². The van der Waals surface area contributed by atoms with Crippen molar-refractivity contribution in [3.8, 4) is 0 Å². The zero-order valence-corrected chi connectivity index (χ0v) is 12.8. The SMILES string of the molecule is CCNCCNC(=O)CCCc1ccc(C)s1.Cl. The number of amides is 1. The number of hydrogen-bond donors (Lipinski definition) is 2. The Morgan fingerprint density at radius 2 is 2.11 bits per heavy atom. The lowest BCUT2D eigenvalue weighted by molar-refractivity contribution is -0.121. The van der Waals surface area contributed by atoms with Crippen LogP contribution in [0, 0.1) is 6.92 Å². The molecule has 0 saturated carbocycles. The quantitative estimate of drug-likeness (QED) is 0.723. The molecule has 0 spiro atoms. The van der Waals surface area contributed by atoms with Gasteiger partial charge >= 0.3 is 0 Å². The van der Waals surface area contributed by atoms with E-state index in [1.165, 1.54) is 9.75 Å². The second kappa shape index (κ2) is 10.4. The van der Waals surface area contributed by atoms with E-state index in [-0.39, 0.29) is 18.3 Å². The molecule has 0 unspecified atom stereocenters.